The molecular weight excluding hydrogens is 396 g/mol. The molecule has 0 unspecified atom stereocenters. The van der Waals surface area contributed by atoms with Crippen LogP contribution in [0.25, 0.3) is 10.2 Å². The molecule has 1 saturated heterocycles. The number of amides is 1. The Labute approximate surface area is 180 Å². The van der Waals surface area contributed by atoms with Gasteiger partial charge in [-0.25, -0.2) is 4.98 Å². The minimum Gasteiger partial charge on any atom is -0.335 e. The molecule has 1 fully saturated rings. The van der Waals surface area contributed by atoms with E-state index in [2.05, 4.69) is 41.1 Å². The first-order valence-electron chi connectivity index (χ1n) is 10.6. The second-order valence-corrected chi connectivity index (χ2v) is 8.89. The minimum absolute atomic E-state index is 0.0226. The largest absolute Gasteiger partial charge is 0.335 e. The van der Waals surface area contributed by atoms with Crippen LogP contribution in [-0.2, 0) is 13.1 Å². The van der Waals surface area contributed by atoms with E-state index in [4.69, 9.17) is 0 Å². The summed E-state index contributed by atoms with van der Waals surface area (Å²) in [6, 6.07) is 10.4. The second kappa shape index (κ2) is 9.10. The van der Waals surface area contributed by atoms with Gasteiger partial charge in [0, 0.05) is 39.3 Å². The topological polar surface area (TPSA) is 58.4 Å². The lowest BCUT2D eigenvalue weighted by Crippen LogP contribution is -2.48. The summed E-state index contributed by atoms with van der Waals surface area (Å²) in [6.07, 6.45) is 3.58. The monoisotopic (exact) mass is 424 g/mol. The van der Waals surface area contributed by atoms with Crippen LogP contribution in [0.5, 0.6) is 0 Å². The van der Waals surface area contributed by atoms with Gasteiger partial charge in [0.1, 0.15) is 4.83 Å². The molecule has 7 heteroatoms. The number of benzene rings is 1. The molecule has 3 heterocycles. The first kappa shape index (κ1) is 20.8. The van der Waals surface area contributed by atoms with E-state index >= 15 is 0 Å². The summed E-state index contributed by atoms with van der Waals surface area (Å²) < 4.78 is 1.67. The molecule has 0 spiro atoms. The van der Waals surface area contributed by atoms with Crippen LogP contribution in [0.1, 0.15) is 40.6 Å². The van der Waals surface area contributed by atoms with E-state index in [0.29, 0.717) is 34.7 Å². The summed E-state index contributed by atoms with van der Waals surface area (Å²) in [5, 5.41) is 0.602. The minimum atomic E-state index is -0.0334. The van der Waals surface area contributed by atoms with Crippen LogP contribution in [0.15, 0.2) is 41.5 Å². The van der Waals surface area contributed by atoms with Gasteiger partial charge in [-0.15, -0.1) is 11.3 Å². The second-order valence-electron chi connectivity index (χ2n) is 7.89. The van der Waals surface area contributed by atoms with Crippen LogP contribution < -0.4 is 5.56 Å². The Morgan fingerprint density at radius 3 is 2.57 bits per heavy atom. The quantitative estimate of drug-likeness (QED) is 0.608. The third-order valence-electron chi connectivity index (χ3n) is 5.77. The summed E-state index contributed by atoms with van der Waals surface area (Å²) in [4.78, 5) is 36.2. The standard InChI is InChI=1S/C23H28N4O2S/c1-3-4-10-27-16-24-21-19(22(27)28)17(2)20(30-21)23(29)26-13-11-25(12-14-26)15-18-8-6-5-7-9-18/h5-9,16H,3-4,10-15H2,1-2H3. The molecule has 2 aromatic heterocycles. The molecule has 30 heavy (non-hydrogen) atoms. The molecule has 0 N–H and O–H groups in total. The normalized spacial score (nSPS) is 15.1. The molecule has 158 valence electrons. The number of nitrogens with zero attached hydrogens (tertiary/aromatic N) is 4. The predicted octanol–water partition coefficient (Wildman–Crippen LogP) is 3.52. The molecule has 0 bridgehead atoms. The average molecular weight is 425 g/mol. The molecule has 1 amide bonds. The number of unbranched alkanes of at least 4 members (excludes halogenated alkanes) is 1. The van der Waals surface area contributed by atoms with E-state index < -0.39 is 0 Å². The summed E-state index contributed by atoms with van der Waals surface area (Å²) in [5.74, 6) is 0.0226. The maximum Gasteiger partial charge on any atom is 0.264 e. The summed E-state index contributed by atoms with van der Waals surface area (Å²) in [7, 11) is 0. The van der Waals surface area contributed by atoms with Crippen molar-refractivity contribution in [3.8, 4) is 0 Å². The molecule has 0 radical (unpaired) electrons. The maximum absolute atomic E-state index is 13.2. The van der Waals surface area contributed by atoms with Crippen LogP contribution in [0, 0.1) is 6.92 Å². The Balaban J connectivity index is 1.48. The van der Waals surface area contributed by atoms with Gasteiger partial charge in [-0.1, -0.05) is 43.7 Å². The van der Waals surface area contributed by atoms with Gasteiger partial charge in [0.05, 0.1) is 16.6 Å². The van der Waals surface area contributed by atoms with E-state index in [0.717, 1.165) is 38.0 Å². The van der Waals surface area contributed by atoms with E-state index in [1.54, 1.807) is 10.9 Å². The van der Waals surface area contributed by atoms with Gasteiger partial charge in [-0.05, 0) is 24.5 Å². The number of thiophene rings is 1. The molecule has 6 nitrogen and oxygen atoms in total. The number of hydrogen-bond acceptors (Lipinski definition) is 5. The highest BCUT2D eigenvalue weighted by Crippen LogP contribution is 2.28. The first-order chi connectivity index (χ1) is 14.6. The van der Waals surface area contributed by atoms with Gasteiger partial charge in [0.15, 0.2) is 0 Å². The van der Waals surface area contributed by atoms with Crippen molar-refractivity contribution in [3.63, 3.8) is 0 Å². The van der Waals surface area contributed by atoms with Crippen LogP contribution in [0.3, 0.4) is 0 Å². The number of aryl methyl sites for hydroxylation is 2. The summed E-state index contributed by atoms with van der Waals surface area (Å²) >= 11 is 1.35. The molecule has 4 rings (SSSR count). The van der Waals surface area contributed by atoms with Crippen molar-refractivity contribution in [3.05, 3.63) is 63.0 Å². The number of rotatable bonds is 6. The lowest BCUT2D eigenvalue weighted by molar-refractivity contribution is 0.0632. The van der Waals surface area contributed by atoms with E-state index in [-0.39, 0.29) is 11.5 Å². The highest BCUT2D eigenvalue weighted by molar-refractivity contribution is 7.20. The zero-order valence-corrected chi connectivity index (χ0v) is 18.5. The van der Waals surface area contributed by atoms with Crippen LogP contribution >= 0.6 is 11.3 Å². The molecular formula is C23H28N4O2S. The van der Waals surface area contributed by atoms with Crippen molar-refractivity contribution < 1.29 is 4.79 Å². The molecule has 3 aromatic rings. The fraction of sp³-hybridized carbons (Fsp3) is 0.435. The average Bonchev–Trinajstić information content (AvgIpc) is 3.11. The highest BCUT2D eigenvalue weighted by atomic mass is 32.1. The lowest BCUT2D eigenvalue weighted by Gasteiger charge is -2.34. The molecule has 0 saturated carbocycles. The Kier molecular flexibility index (Phi) is 6.29. The van der Waals surface area contributed by atoms with Gasteiger partial charge >= 0.3 is 0 Å². The van der Waals surface area contributed by atoms with Gasteiger partial charge in [0.2, 0.25) is 0 Å². The van der Waals surface area contributed by atoms with E-state index in [9.17, 15) is 9.59 Å². The van der Waals surface area contributed by atoms with Crippen molar-refractivity contribution in [2.75, 3.05) is 26.2 Å². The molecule has 0 atom stereocenters. The zero-order valence-electron chi connectivity index (χ0n) is 17.6. The predicted molar refractivity (Wildman–Crippen MR) is 121 cm³/mol. The van der Waals surface area contributed by atoms with Crippen molar-refractivity contribution in [1.29, 1.82) is 0 Å². The van der Waals surface area contributed by atoms with Crippen LogP contribution in [0.4, 0.5) is 0 Å². The van der Waals surface area contributed by atoms with Gasteiger partial charge in [-0.2, -0.15) is 0 Å². The van der Waals surface area contributed by atoms with Crippen molar-refractivity contribution in [1.82, 2.24) is 19.4 Å². The van der Waals surface area contributed by atoms with Crippen molar-refractivity contribution >= 4 is 27.5 Å². The van der Waals surface area contributed by atoms with E-state index in [1.165, 1.54) is 16.9 Å². The summed E-state index contributed by atoms with van der Waals surface area (Å²) in [6.45, 7) is 8.67. The molecule has 0 aliphatic carbocycles. The number of hydrogen-bond donors (Lipinski definition) is 0. The van der Waals surface area contributed by atoms with E-state index in [1.807, 2.05) is 17.9 Å². The fourth-order valence-corrected chi connectivity index (χ4v) is 5.05. The number of aromatic nitrogens is 2. The highest BCUT2D eigenvalue weighted by Gasteiger charge is 2.26. The Bertz CT molecular complexity index is 1080. The van der Waals surface area contributed by atoms with Gasteiger partial charge < -0.3 is 4.90 Å². The van der Waals surface area contributed by atoms with Crippen LogP contribution in [0.2, 0.25) is 0 Å². The van der Waals surface area contributed by atoms with Crippen LogP contribution in [-0.4, -0.2) is 51.4 Å². The van der Waals surface area contributed by atoms with Gasteiger partial charge in [0.25, 0.3) is 11.5 Å². The van der Waals surface area contributed by atoms with Gasteiger partial charge in [-0.3, -0.25) is 19.1 Å². The number of carbonyl (C=O) groups is 1. The SMILES string of the molecule is CCCCn1cnc2sc(C(=O)N3CCN(Cc4ccccc4)CC3)c(C)c2c1=O. The third kappa shape index (κ3) is 4.18. The lowest BCUT2D eigenvalue weighted by atomic mass is 10.1. The maximum atomic E-state index is 13.2. The number of carbonyl (C=O) groups excluding carboxylic acids is 1. The number of fused-ring (bicyclic) bond motifs is 1. The Morgan fingerprint density at radius 2 is 1.87 bits per heavy atom. The Hall–Kier alpha value is -2.51. The molecule has 1 aromatic carbocycles. The molecule has 1 aliphatic rings. The fourth-order valence-electron chi connectivity index (χ4n) is 3.95. The zero-order chi connectivity index (χ0) is 21.1. The first-order valence-corrected chi connectivity index (χ1v) is 11.4. The molecule has 1 aliphatic heterocycles. The number of piperazine rings is 1. The third-order valence-corrected chi connectivity index (χ3v) is 6.96. The van der Waals surface area contributed by atoms with Crippen molar-refractivity contribution in [2.24, 2.45) is 0 Å². The Morgan fingerprint density at radius 1 is 1.13 bits per heavy atom. The summed E-state index contributed by atoms with van der Waals surface area (Å²) in [5.41, 5.74) is 2.03. The smallest absolute Gasteiger partial charge is 0.264 e. The van der Waals surface area contributed by atoms with Crippen molar-refractivity contribution in [2.45, 2.75) is 39.8 Å².